The zero-order chi connectivity index (χ0) is 20.7. The van der Waals surface area contributed by atoms with Gasteiger partial charge in [-0.25, -0.2) is 0 Å². The molecule has 148 valence electrons. The normalized spacial score (nSPS) is 10.7. The van der Waals surface area contributed by atoms with E-state index in [-0.39, 0.29) is 0 Å². The summed E-state index contributed by atoms with van der Waals surface area (Å²) in [4.78, 5) is 2.50. The maximum absolute atomic E-state index is 9.75. The predicted molar refractivity (Wildman–Crippen MR) is 108 cm³/mol. The first kappa shape index (κ1) is 21.7. The standard InChI is InChI=1S/C20H19O2S.BF4/c1-14-12-19(15-4-8-17(21-2)9-5-15)23-20(13-14)16-6-10-18(22-3)11-7-16;2-1(3,4)5/h4-13H,1-3H3;/q+1;-1. The fourth-order valence-electron chi connectivity index (χ4n) is 2.43. The van der Waals surface area contributed by atoms with Gasteiger partial charge in [0.1, 0.15) is 11.5 Å². The van der Waals surface area contributed by atoms with E-state index in [4.69, 9.17) is 9.47 Å². The molecule has 3 rings (SSSR count). The van der Waals surface area contributed by atoms with Crippen LogP contribution >= 0.6 is 11.3 Å². The zero-order valence-corrected chi connectivity index (χ0v) is 16.4. The van der Waals surface area contributed by atoms with Crippen LogP contribution in [0.1, 0.15) is 5.56 Å². The van der Waals surface area contributed by atoms with Crippen LogP contribution in [-0.2, 0) is 0 Å². The van der Waals surface area contributed by atoms with Crippen LogP contribution < -0.4 is 9.47 Å². The average molecular weight is 410 g/mol. The summed E-state index contributed by atoms with van der Waals surface area (Å²) in [7, 11) is -2.63. The molecule has 0 aliphatic heterocycles. The molecule has 0 aliphatic carbocycles. The van der Waals surface area contributed by atoms with E-state index in [9.17, 15) is 17.3 Å². The number of aryl methyl sites for hydroxylation is 1. The second-order valence-corrected chi connectivity index (χ2v) is 6.90. The van der Waals surface area contributed by atoms with E-state index in [0.29, 0.717) is 0 Å². The molecule has 2 aromatic carbocycles. The summed E-state index contributed by atoms with van der Waals surface area (Å²) in [6.07, 6.45) is 0. The quantitative estimate of drug-likeness (QED) is 0.262. The molecule has 3 aromatic rings. The Morgan fingerprint density at radius 3 is 1.29 bits per heavy atom. The van der Waals surface area contributed by atoms with Gasteiger partial charge in [-0.1, -0.05) is 0 Å². The summed E-state index contributed by atoms with van der Waals surface area (Å²) < 4.78 is 49.5. The van der Waals surface area contributed by atoms with Crippen LogP contribution in [0.5, 0.6) is 11.5 Å². The van der Waals surface area contributed by atoms with E-state index in [1.807, 2.05) is 24.3 Å². The molecule has 0 saturated heterocycles. The van der Waals surface area contributed by atoms with E-state index in [0.717, 1.165) is 11.5 Å². The fourth-order valence-corrected chi connectivity index (χ4v) is 3.66. The number of hydrogen-bond acceptors (Lipinski definition) is 2. The van der Waals surface area contributed by atoms with Crippen LogP contribution in [0.3, 0.4) is 0 Å². The molecule has 8 heteroatoms. The van der Waals surface area contributed by atoms with Gasteiger partial charge in [0.2, 0.25) is 21.1 Å². The van der Waals surface area contributed by atoms with Crippen LogP contribution in [0.2, 0.25) is 0 Å². The number of halogens is 4. The van der Waals surface area contributed by atoms with Crippen molar-refractivity contribution in [2.75, 3.05) is 14.2 Å². The summed E-state index contributed by atoms with van der Waals surface area (Å²) in [5.41, 5.74) is 3.66. The van der Waals surface area contributed by atoms with Crippen LogP contribution in [0.4, 0.5) is 17.3 Å². The molecular weight excluding hydrogens is 391 g/mol. The molecule has 0 fully saturated rings. The number of rotatable bonds is 4. The summed E-state index contributed by atoms with van der Waals surface area (Å²) in [5, 5.41) is 0. The highest BCUT2D eigenvalue weighted by atomic mass is 32.1. The first-order valence-corrected chi connectivity index (χ1v) is 9.12. The second kappa shape index (κ2) is 9.55. The minimum atomic E-state index is -6.00. The molecule has 0 atom stereocenters. The van der Waals surface area contributed by atoms with Crippen molar-refractivity contribution in [2.24, 2.45) is 0 Å². The van der Waals surface area contributed by atoms with Crippen molar-refractivity contribution >= 4 is 18.6 Å². The Morgan fingerprint density at radius 1 is 0.679 bits per heavy atom. The lowest BCUT2D eigenvalue weighted by Crippen LogP contribution is -2.02. The van der Waals surface area contributed by atoms with Gasteiger partial charge < -0.3 is 26.7 Å². The van der Waals surface area contributed by atoms with E-state index in [1.54, 1.807) is 25.6 Å². The van der Waals surface area contributed by atoms with Crippen molar-refractivity contribution in [3.05, 3.63) is 66.2 Å². The smallest absolute Gasteiger partial charge is 0.497 e. The minimum absolute atomic E-state index is 0.877. The Hall–Kier alpha value is -2.61. The summed E-state index contributed by atoms with van der Waals surface area (Å²) >= 11 is 1.79. The topological polar surface area (TPSA) is 18.5 Å². The first-order chi connectivity index (χ1) is 13.2. The minimum Gasteiger partial charge on any atom is -0.497 e. The third-order valence-corrected chi connectivity index (χ3v) is 4.83. The summed E-state index contributed by atoms with van der Waals surface area (Å²) in [5.74, 6) is 1.75. The number of benzene rings is 2. The molecular formula is C20H19BF4O2S. The summed E-state index contributed by atoms with van der Waals surface area (Å²) in [6.45, 7) is 2.13. The largest absolute Gasteiger partial charge is 0.673 e. The van der Waals surface area contributed by atoms with Gasteiger partial charge in [-0.2, -0.15) is 0 Å². The third kappa shape index (κ3) is 6.85. The predicted octanol–water partition coefficient (Wildman–Crippen LogP) is 6.99. The van der Waals surface area contributed by atoms with Gasteiger partial charge in [0.05, 0.1) is 14.2 Å². The highest BCUT2D eigenvalue weighted by molar-refractivity contribution is 7.18. The lowest BCUT2D eigenvalue weighted by Gasteiger charge is -2.01. The molecule has 0 amide bonds. The molecule has 0 spiro atoms. The van der Waals surface area contributed by atoms with Crippen molar-refractivity contribution in [2.45, 2.75) is 6.92 Å². The van der Waals surface area contributed by atoms with E-state index in [2.05, 4.69) is 43.3 Å². The van der Waals surface area contributed by atoms with Gasteiger partial charge in [0.15, 0.2) is 0 Å². The molecule has 0 unspecified atom stereocenters. The zero-order valence-electron chi connectivity index (χ0n) is 15.6. The Morgan fingerprint density at radius 2 is 1.00 bits per heavy atom. The fraction of sp³-hybridized carbons (Fsp3) is 0.150. The van der Waals surface area contributed by atoms with Gasteiger partial charge >= 0.3 is 7.25 Å². The molecule has 1 heterocycles. The maximum atomic E-state index is 9.75. The van der Waals surface area contributed by atoms with Gasteiger partial charge in [-0.3, -0.25) is 0 Å². The van der Waals surface area contributed by atoms with Crippen molar-refractivity contribution in [1.29, 1.82) is 0 Å². The highest BCUT2D eigenvalue weighted by Crippen LogP contribution is 2.35. The molecule has 28 heavy (non-hydrogen) atoms. The van der Waals surface area contributed by atoms with Crippen LogP contribution in [0.15, 0.2) is 60.7 Å². The van der Waals surface area contributed by atoms with Gasteiger partial charge in [-0.05, 0) is 61.0 Å². The first-order valence-electron chi connectivity index (χ1n) is 8.30. The molecule has 0 bridgehead atoms. The Bertz CT molecular complexity index is 826. The van der Waals surface area contributed by atoms with Crippen molar-refractivity contribution in [3.8, 4) is 32.4 Å². The average Bonchev–Trinajstić information content (AvgIpc) is 2.66. The van der Waals surface area contributed by atoms with Crippen molar-refractivity contribution in [3.63, 3.8) is 0 Å². The van der Waals surface area contributed by atoms with Gasteiger partial charge in [-0.15, -0.1) is 0 Å². The highest BCUT2D eigenvalue weighted by Gasteiger charge is 2.20. The van der Waals surface area contributed by atoms with E-state index in [1.165, 1.54) is 26.4 Å². The summed E-state index contributed by atoms with van der Waals surface area (Å²) in [6, 6.07) is 20.8. The molecule has 0 saturated carbocycles. The molecule has 0 N–H and O–H groups in total. The number of ether oxygens (including phenoxy) is 2. The lowest BCUT2D eigenvalue weighted by atomic mass is 10.1. The van der Waals surface area contributed by atoms with Crippen LogP contribution in [0, 0.1) is 6.92 Å². The molecule has 0 aliphatic rings. The molecule has 2 nitrogen and oxygen atoms in total. The third-order valence-electron chi connectivity index (χ3n) is 3.69. The van der Waals surface area contributed by atoms with Crippen molar-refractivity contribution in [1.82, 2.24) is 0 Å². The molecule has 0 radical (unpaired) electrons. The van der Waals surface area contributed by atoms with Gasteiger partial charge in [0.25, 0.3) is 0 Å². The SMILES string of the molecule is COc1ccc(-c2cc(C)cc(-c3ccc(OC)cc3)[s+]2)cc1.F[B-](F)(F)F. The maximum Gasteiger partial charge on any atom is 0.673 e. The second-order valence-electron chi connectivity index (χ2n) is 5.82. The number of hydrogen-bond donors (Lipinski definition) is 0. The Labute approximate surface area is 165 Å². The Balaban J connectivity index is 0.000000500. The number of methoxy groups -OCH3 is 2. The molecule has 1 aromatic heterocycles. The Kier molecular flexibility index (Phi) is 7.40. The lowest BCUT2D eigenvalue weighted by molar-refractivity contribution is 0.368. The van der Waals surface area contributed by atoms with E-state index >= 15 is 0 Å². The van der Waals surface area contributed by atoms with E-state index < -0.39 is 7.25 Å². The monoisotopic (exact) mass is 410 g/mol. The van der Waals surface area contributed by atoms with Crippen LogP contribution in [0.25, 0.3) is 20.9 Å². The van der Waals surface area contributed by atoms with Gasteiger partial charge in [0, 0.05) is 23.3 Å². The van der Waals surface area contributed by atoms with Crippen LogP contribution in [-0.4, -0.2) is 21.5 Å². The van der Waals surface area contributed by atoms with Crippen molar-refractivity contribution < 1.29 is 26.7 Å².